The fourth-order valence-electron chi connectivity index (χ4n) is 5.78. The van der Waals surface area contributed by atoms with E-state index in [1.165, 1.54) is 48.2 Å². The molecule has 0 radical (unpaired) electrons. The normalized spacial score (nSPS) is 22.9. The van der Waals surface area contributed by atoms with Crippen molar-refractivity contribution in [1.82, 2.24) is 9.34 Å². The summed E-state index contributed by atoms with van der Waals surface area (Å²) < 4.78 is 10.5. The summed E-state index contributed by atoms with van der Waals surface area (Å²) in [5.74, 6) is 1.28. The van der Waals surface area contributed by atoms with Gasteiger partial charge in [-0.05, 0) is 73.6 Å². The van der Waals surface area contributed by atoms with Crippen LogP contribution >= 0.6 is 18.8 Å². The highest BCUT2D eigenvalue weighted by molar-refractivity contribution is 7.13. The Kier molecular flexibility index (Phi) is 14.6. The van der Waals surface area contributed by atoms with Crippen LogP contribution in [0.4, 0.5) is 0 Å². The van der Waals surface area contributed by atoms with E-state index in [9.17, 15) is 4.79 Å². The van der Waals surface area contributed by atoms with E-state index in [0.717, 1.165) is 38.8 Å². The van der Waals surface area contributed by atoms with E-state index in [-0.39, 0.29) is 11.5 Å². The molecule has 6 heteroatoms. The number of ether oxygens (including phenoxy) is 1. The van der Waals surface area contributed by atoms with Gasteiger partial charge in [-0.25, -0.2) is 0 Å². The summed E-state index contributed by atoms with van der Waals surface area (Å²) in [4.78, 5) is 11.4. The molecule has 0 saturated carbocycles. The second-order valence-corrected chi connectivity index (χ2v) is 11.7. The predicted molar refractivity (Wildman–Crippen MR) is 170 cm³/mol. The van der Waals surface area contributed by atoms with Crippen molar-refractivity contribution in [3.63, 3.8) is 0 Å². The van der Waals surface area contributed by atoms with E-state index < -0.39 is 0 Å². The minimum Gasteiger partial charge on any atom is -0.364 e. The van der Waals surface area contributed by atoms with E-state index in [0.29, 0.717) is 11.8 Å². The van der Waals surface area contributed by atoms with Crippen LogP contribution in [-0.4, -0.2) is 48.4 Å². The van der Waals surface area contributed by atoms with Crippen molar-refractivity contribution in [3.05, 3.63) is 70.8 Å². The van der Waals surface area contributed by atoms with Gasteiger partial charge in [0, 0.05) is 32.1 Å². The fraction of sp³-hybridized carbons (Fsp3) is 0.594. The molecule has 0 spiro atoms. The van der Waals surface area contributed by atoms with Crippen LogP contribution in [0.1, 0.15) is 81.5 Å². The van der Waals surface area contributed by atoms with Gasteiger partial charge >= 0.3 is 0 Å². The standard InChI is InChI=1S/2C14H20NOP.2C2H6/c1-11-4-2-3-5-13(11)14(10-16-14)12-6-8-15(17)9-7-12;1-11-4-2-3-5-13(11)14(10-16)12-6-8-15(17)9-7-12;2*1-2/h2-5,12H,6-10,17H2,1H3;2-5,10,12,14H,6-9,17H2,1H3;2*1-2H3. The van der Waals surface area contributed by atoms with Crippen LogP contribution in [0.3, 0.4) is 0 Å². The Balaban J connectivity index is 0.000000236. The molecule has 0 amide bonds. The Bertz CT molecular complexity index is 950. The largest absolute Gasteiger partial charge is 0.364 e. The van der Waals surface area contributed by atoms with Crippen LogP contribution in [0, 0.1) is 25.7 Å². The highest BCUT2D eigenvalue weighted by Gasteiger charge is 2.53. The highest BCUT2D eigenvalue weighted by Crippen LogP contribution is 2.50. The topological polar surface area (TPSA) is 36.1 Å². The van der Waals surface area contributed by atoms with Gasteiger partial charge in [-0.3, -0.25) is 9.34 Å². The zero-order valence-corrected chi connectivity index (χ0v) is 27.0. The molecule has 3 saturated heterocycles. The summed E-state index contributed by atoms with van der Waals surface area (Å²) in [6, 6.07) is 16.9. The number of aldehydes is 1. The zero-order valence-electron chi connectivity index (χ0n) is 24.7. The quantitative estimate of drug-likeness (QED) is 0.216. The Morgan fingerprint density at radius 1 is 0.816 bits per heavy atom. The van der Waals surface area contributed by atoms with Gasteiger partial charge < -0.3 is 9.53 Å². The average Bonchev–Trinajstić information content (AvgIpc) is 3.76. The van der Waals surface area contributed by atoms with Crippen LogP contribution in [-0.2, 0) is 15.1 Å². The number of aryl methyl sites for hydroxylation is 2. The van der Waals surface area contributed by atoms with Gasteiger partial charge in [0.1, 0.15) is 11.9 Å². The molecular weight excluding hydrogens is 506 g/mol. The third-order valence-electron chi connectivity index (χ3n) is 8.02. The van der Waals surface area contributed by atoms with Crippen molar-refractivity contribution in [2.45, 2.75) is 78.7 Å². The molecular formula is C32H52N2O2P2. The minimum absolute atomic E-state index is 0.0528. The first-order valence-corrected chi connectivity index (χ1v) is 15.7. The van der Waals surface area contributed by atoms with Gasteiger partial charge in [0.2, 0.25) is 0 Å². The lowest BCUT2D eigenvalue weighted by Gasteiger charge is -2.33. The van der Waals surface area contributed by atoms with Gasteiger partial charge in [0.25, 0.3) is 0 Å². The molecule has 38 heavy (non-hydrogen) atoms. The number of epoxide rings is 1. The number of carbonyl (C=O) groups excluding carboxylic acids is 1. The minimum atomic E-state index is 0.0528. The lowest BCUT2D eigenvalue weighted by molar-refractivity contribution is -0.110. The molecule has 4 unspecified atom stereocenters. The number of rotatable bonds is 5. The van der Waals surface area contributed by atoms with Crippen molar-refractivity contribution >= 4 is 25.1 Å². The number of hydrogen-bond acceptors (Lipinski definition) is 4. The van der Waals surface area contributed by atoms with E-state index in [1.807, 2.05) is 39.8 Å². The molecule has 0 aliphatic carbocycles. The second kappa shape index (κ2) is 16.8. The molecule has 4 atom stereocenters. The molecule has 4 nitrogen and oxygen atoms in total. The fourth-order valence-corrected chi connectivity index (χ4v) is 6.38. The summed E-state index contributed by atoms with van der Waals surface area (Å²) in [7, 11) is 5.57. The second-order valence-electron chi connectivity index (χ2n) is 10.2. The molecule has 3 aliphatic rings. The molecule has 5 rings (SSSR count). The molecule has 0 N–H and O–H groups in total. The lowest BCUT2D eigenvalue weighted by Crippen LogP contribution is -2.34. The molecule has 0 aromatic heterocycles. The summed E-state index contributed by atoms with van der Waals surface area (Å²) in [5, 5.41) is 0. The first-order chi connectivity index (χ1) is 18.4. The number of nitrogens with zero attached hydrogens (tertiary/aromatic N) is 2. The van der Waals surface area contributed by atoms with Crippen molar-refractivity contribution in [2.24, 2.45) is 11.8 Å². The number of benzene rings is 2. The van der Waals surface area contributed by atoms with Gasteiger partial charge in [-0.2, -0.15) is 0 Å². The predicted octanol–water partition coefficient (Wildman–Crippen LogP) is 7.55. The zero-order chi connectivity index (χ0) is 28.1. The smallest absolute Gasteiger partial charge is 0.127 e. The third kappa shape index (κ3) is 8.67. The lowest BCUT2D eigenvalue weighted by atomic mass is 9.79. The van der Waals surface area contributed by atoms with Crippen molar-refractivity contribution in [3.8, 4) is 0 Å². The van der Waals surface area contributed by atoms with Crippen molar-refractivity contribution in [2.75, 3.05) is 32.8 Å². The molecule has 3 fully saturated rings. The van der Waals surface area contributed by atoms with Crippen LogP contribution in [0.15, 0.2) is 48.5 Å². The summed E-state index contributed by atoms with van der Waals surface area (Å²) in [6.45, 7) is 17.7. The Labute approximate surface area is 237 Å². The van der Waals surface area contributed by atoms with E-state index in [4.69, 9.17) is 4.74 Å². The summed E-state index contributed by atoms with van der Waals surface area (Å²) in [6.07, 6.45) is 5.86. The Morgan fingerprint density at radius 2 is 1.29 bits per heavy atom. The SMILES string of the molecule is CC.CC.Cc1ccccc1C(C=O)C1CCN(P)CC1.Cc1ccccc1C1(C2CCN(P)CC2)CO1. The van der Waals surface area contributed by atoms with Crippen LogP contribution in [0.2, 0.25) is 0 Å². The van der Waals surface area contributed by atoms with Gasteiger partial charge in [-0.1, -0.05) is 95.0 Å². The monoisotopic (exact) mass is 558 g/mol. The van der Waals surface area contributed by atoms with E-state index >= 15 is 0 Å². The van der Waals surface area contributed by atoms with Crippen LogP contribution in [0.5, 0.6) is 0 Å². The maximum atomic E-state index is 11.4. The van der Waals surface area contributed by atoms with Crippen molar-refractivity contribution in [1.29, 1.82) is 0 Å². The number of piperidine rings is 2. The Hall–Kier alpha value is -1.15. The van der Waals surface area contributed by atoms with Gasteiger partial charge in [0.15, 0.2) is 0 Å². The molecule has 212 valence electrons. The Morgan fingerprint density at radius 3 is 1.76 bits per heavy atom. The summed E-state index contributed by atoms with van der Waals surface area (Å²) in [5.41, 5.74) is 5.29. The molecule has 3 aliphatic heterocycles. The molecule has 2 aromatic rings. The van der Waals surface area contributed by atoms with Crippen molar-refractivity contribution < 1.29 is 9.53 Å². The molecule has 3 heterocycles. The van der Waals surface area contributed by atoms with E-state index in [2.05, 4.69) is 78.4 Å². The van der Waals surface area contributed by atoms with E-state index in [1.54, 1.807) is 0 Å². The molecule has 0 bridgehead atoms. The van der Waals surface area contributed by atoms with Gasteiger partial charge in [-0.15, -0.1) is 0 Å². The van der Waals surface area contributed by atoms with Gasteiger partial charge in [0.05, 0.1) is 6.61 Å². The first kappa shape index (κ1) is 33.1. The van der Waals surface area contributed by atoms with Crippen LogP contribution < -0.4 is 0 Å². The number of hydrogen-bond donors (Lipinski definition) is 0. The number of carbonyl (C=O) groups is 1. The average molecular weight is 559 g/mol. The summed E-state index contributed by atoms with van der Waals surface area (Å²) >= 11 is 0. The van der Waals surface area contributed by atoms with Crippen LogP contribution in [0.25, 0.3) is 0 Å². The maximum Gasteiger partial charge on any atom is 0.127 e. The first-order valence-electron chi connectivity index (χ1n) is 14.6. The highest BCUT2D eigenvalue weighted by atomic mass is 31.0. The third-order valence-corrected chi connectivity index (χ3v) is 9.05. The molecule has 2 aromatic carbocycles. The maximum absolute atomic E-state index is 11.4.